The van der Waals surface area contributed by atoms with Crippen LogP contribution in [0.2, 0.25) is 0 Å². The van der Waals surface area contributed by atoms with Gasteiger partial charge in [-0.2, -0.15) is 5.10 Å². The van der Waals surface area contributed by atoms with Crippen LogP contribution in [0, 0.1) is 0 Å². The monoisotopic (exact) mass is 602 g/mol. The number of nitrogens with one attached hydrogen (secondary N) is 1. The molecule has 5 rings (SSSR count). The van der Waals surface area contributed by atoms with Crippen LogP contribution in [-0.2, 0) is 4.79 Å². The Morgan fingerprint density at radius 2 is 1.74 bits per heavy atom. The Morgan fingerprint density at radius 1 is 0.971 bits per heavy atom. The number of para-hydroxylation sites is 2. The number of carbonyl (C=O) groups excluding carboxylic acids is 2. The van der Waals surface area contributed by atoms with E-state index in [9.17, 15) is 9.59 Å². The zero-order chi connectivity index (χ0) is 24.4. The number of esters is 1. The van der Waals surface area contributed by atoms with Crippen molar-refractivity contribution in [3.05, 3.63) is 74.7 Å². The maximum atomic E-state index is 12.8. The molecule has 2 aliphatic heterocycles. The van der Waals surface area contributed by atoms with E-state index in [0.29, 0.717) is 37.5 Å². The quantitative estimate of drug-likeness (QED) is 0.199. The van der Waals surface area contributed by atoms with Gasteiger partial charge in [0, 0.05) is 10.0 Å². The van der Waals surface area contributed by atoms with Crippen molar-refractivity contribution in [3.8, 4) is 28.7 Å². The summed E-state index contributed by atoms with van der Waals surface area (Å²) in [7, 11) is 0. The molecule has 178 valence electrons. The van der Waals surface area contributed by atoms with Crippen LogP contribution in [0.1, 0.15) is 15.9 Å². The van der Waals surface area contributed by atoms with Gasteiger partial charge in [0.25, 0.3) is 5.91 Å². The predicted molar refractivity (Wildman–Crippen MR) is 131 cm³/mol. The zero-order valence-corrected chi connectivity index (χ0v) is 21.0. The minimum Gasteiger partial charge on any atom is -0.485 e. The fourth-order valence-electron chi connectivity index (χ4n) is 3.35. The maximum Gasteiger partial charge on any atom is 0.343 e. The van der Waals surface area contributed by atoms with Gasteiger partial charge >= 0.3 is 5.97 Å². The van der Waals surface area contributed by atoms with E-state index >= 15 is 0 Å². The molecule has 11 heteroatoms. The second-order valence-electron chi connectivity index (χ2n) is 7.36. The first-order valence-electron chi connectivity index (χ1n) is 10.3. The molecule has 1 unspecified atom stereocenters. The van der Waals surface area contributed by atoms with Crippen molar-refractivity contribution in [1.29, 1.82) is 0 Å². The highest BCUT2D eigenvalue weighted by Crippen LogP contribution is 2.35. The van der Waals surface area contributed by atoms with Gasteiger partial charge in [0.05, 0.1) is 16.3 Å². The number of amides is 1. The number of benzene rings is 3. The molecule has 0 saturated carbocycles. The highest BCUT2D eigenvalue weighted by atomic mass is 79.9. The molecule has 1 atom stereocenters. The molecule has 9 nitrogen and oxygen atoms in total. The molecule has 35 heavy (non-hydrogen) atoms. The Hall–Kier alpha value is -3.57. The molecule has 2 heterocycles. The molecule has 0 aliphatic carbocycles. The van der Waals surface area contributed by atoms with Gasteiger partial charge in [-0.05, 0) is 58.4 Å². The van der Waals surface area contributed by atoms with E-state index in [1.807, 2.05) is 6.07 Å². The summed E-state index contributed by atoms with van der Waals surface area (Å²) in [5, 5.41) is 4.01. The molecule has 0 bridgehead atoms. The first-order valence-corrected chi connectivity index (χ1v) is 11.9. The average Bonchev–Trinajstić information content (AvgIpc) is 3.33. The number of hydrogen-bond donors (Lipinski definition) is 1. The molecule has 0 radical (unpaired) electrons. The first kappa shape index (κ1) is 23.2. The fraction of sp³-hybridized carbons (Fsp3) is 0.125. The Labute approximate surface area is 216 Å². The highest BCUT2D eigenvalue weighted by Gasteiger charge is 2.27. The summed E-state index contributed by atoms with van der Waals surface area (Å²) in [5.41, 5.74) is 3.16. The van der Waals surface area contributed by atoms with Gasteiger partial charge < -0.3 is 23.7 Å². The van der Waals surface area contributed by atoms with E-state index < -0.39 is 18.0 Å². The number of carbonyl (C=O) groups is 2. The minimum absolute atomic E-state index is 0.0548. The number of rotatable bonds is 5. The number of fused-ring (bicyclic) bond motifs is 2. The van der Waals surface area contributed by atoms with Gasteiger partial charge in [-0.15, -0.1) is 0 Å². The summed E-state index contributed by atoms with van der Waals surface area (Å²) in [6, 6.07) is 15.3. The number of nitrogens with zero attached hydrogens (tertiary/aromatic N) is 1. The van der Waals surface area contributed by atoms with E-state index in [1.54, 1.807) is 48.5 Å². The second kappa shape index (κ2) is 9.96. The van der Waals surface area contributed by atoms with Crippen molar-refractivity contribution in [2.75, 3.05) is 13.4 Å². The van der Waals surface area contributed by atoms with Crippen LogP contribution in [0.25, 0.3) is 0 Å². The maximum absolute atomic E-state index is 12.8. The van der Waals surface area contributed by atoms with E-state index in [-0.39, 0.29) is 24.7 Å². The third kappa shape index (κ3) is 5.10. The molecule has 0 aromatic heterocycles. The molecule has 1 N–H and O–H groups in total. The Kier molecular flexibility index (Phi) is 6.60. The molecule has 1 amide bonds. The van der Waals surface area contributed by atoms with Crippen LogP contribution >= 0.6 is 31.9 Å². The van der Waals surface area contributed by atoms with Crippen LogP contribution < -0.4 is 29.1 Å². The smallest absolute Gasteiger partial charge is 0.343 e. The van der Waals surface area contributed by atoms with E-state index in [2.05, 4.69) is 42.4 Å². The highest BCUT2D eigenvalue weighted by molar-refractivity contribution is 9.11. The summed E-state index contributed by atoms with van der Waals surface area (Å²) in [4.78, 5) is 25.3. The molecule has 3 aromatic rings. The SMILES string of the molecule is O=C(Oc1c(Br)cc(Br)cc1C=NNC(=O)C1COc2ccccc2O1)c1ccc2c(c1)OCO2. The Morgan fingerprint density at radius 3 is 2.60 bits per heavy atom. The van der Waals surface area contributed by atoms with E-state index in [4.69, 9.17) is 23.7 Å². The number of hydrogen-bond acceptors (Lipinski definition) is 8. The molecule has 2 aliphatic rings. The summed E-state index contributed by atoms with van der Waals surface area (Å²) in [6.07, 6.45) is 0.507. The van der Waals surface area contributed by atoms with Crippen molar-refractivity contribution in [3.63, 3.8) is 0 Å². The van der Waals surface area contributed by atoms with Gasteiger partial charge in [0.1, 0.15) is 6.61 Å². The average molecular weight is 604 g/mol. The zero-order valence-electron chi connectivity index (χ0n) is 17.8. The van der Waals surface area contributed by atoms with Crippen LogP contribution in [0.15, 0.2) is 68.6 Å². The number of halogens is 2. The Balaban J connectivity index is 1.29. The summed E-state index contributed by atoms with van der Waals surface area (Å²) in [6.45, 7) is 0.155. The van der Waals surface area contributed by atoms with Crippen LogP contribution in [-0.4, -0.2) is 37.6 Å². The standard InChI is InChI=1S/C24H16Br2N2O7/c25-15-7-14(10-27-28-23(29)21-11-31-17-3-1-2-4-19(17)34-21)22(16(26)9-15)35-24(30)13-5-6-18-20(8-13)33-12-32-18/h1-10,21H,11-12H2,(H,28,29). The molecular weight excluding hydrogens is 588 g/mol. The van der Waals surface area contributed by atoms with Gasteiger partial charge in [0.2, 0.25) is 12.9 Å². The lowest BCUT2D eigenvalue weighted by Gasteiger charge is -2.24. The lowest BCUT2D eigenvalue weighted by atomic mass is 10.2. The molecular formula is C24H16Br2N2O7. The van der Waals surface area contributed by atoms with Crippen molar-refractivity contribution in [2.45, 2.75) is 6.10 Å². The first-order chi connectivity index (χ1) is 17.0. The van der Waals surface area contributed by atoms with E-state index in [0.717, 1.165) is 0 Å². The van der Waals surface area contributed by atoms with Gasteiger partial charge in [-0.1, -0.05) is 28.1 Å². The topological polar surface area (TPSA) is 105 Å². The Bertz CT molecular complexity index is 1350. The lowest BCUT2D eigenvalue weighted by Crippen LogP contribution is -2.42. The summed E-state index contributed by atoms with van der Waals surface area (Å²) in [5.74, 6) is 1.23. The molecule has 0 saturated heterocycles. The summed E-state index contributed by atoms with van der Waals surface area (Å²) < 4.78 is 28.7. The molecule has 3 aromatic carbocycles. The predicted octanol–water partition coefficient (Wildman–Crippen LogP) is 4.45. The van der Waals surface area contributed by atoms with Crippen molar-refractivity contribution < 1.29 is 33.3 Å². The van der Waals surface area contributed by atoms with Gasteiger partial charge in [-0.3, -0.25) is 4.79 Å². The minimum atomic E-state index is -0.861. The third-order valence-electron chi connectivity index (χ3n) is 5.02. The van der Waals surface area contributed by atoms with Crippen molar-refractivity contribution in [1.82, 2.24) is 5.43 Å². The molecule has 0 spiro atoms. The second-order valence-corrected chi connectivity index (χ2v) is 9.13. The van der Waals surface area contributed by atoms with Gasteiger partial charge in [-0.25, -0.2) is 10.2 Å². The normalized spacial score (nSPS) is 15.7. The largest absolute Gasteiger partial charge is 0.485 e. The van der Waals surface area contributed by atoms with Crippen LogP contribution in [0.4, 0.5) is 0 Å². The fourth-order valence-corrected chi connectivity index (χ4v) is 4.68. The third-order valence-corrected chi connectivity index (χ3v) is 6.07. The number of hydrazone groups is 1. The van der Waals surface area contributed by atoms with Crippen LogP contribution in [0.3, 0.4) is 0 Å². The van der Waals surface area contributed by atoms with Crippen molar-refractivity contribution in [2.24, 2.45) is 5.10 Å². The van der Waals surface area contributed by atoms with Crippen molar-refractivity contribution >= 4 is 50.0 Å². The number of ether oxygens (including phenoxy) is 5. The van der Waals surface area contributed by atoms with Gasteiger partial charge in [0.15, 0.2) is 28.7 Å². The lowest BCUT2D eigenvalue weighted by molar-refractivity contribution is -0.130. The molecule has 0 fully saturated rings. The van der Waals surface area contributed by atoms with E-state index in [1.165, 1.54) is 6.21 Å². The van der Waals surface area contributed by atoms with Crippen LogP contribution in [0.5, 0.6) is 28.7 Å². The summed E-state index contributed by atoms with van der Waals surface area (Å²) >= 11 is 6.81.